The Morgan fingerprint density at radius 2 is 2.30 bits per heavy atom. The Hall–Kier alpha value is -0.280. The van der Waals surface area contributed by atoms with E-state index in [1.165, 1.54) is 0 Å². The lowest BCUT2D eigenvalue weighted by atomic mass is 10.3. The van der Waals surface area contributed by atoms with Crippen molar-refractivity contribution in [3.8, 4) is 0 Å². The molecule has 54 valence electrons. The van der Waals surface area contributed by atoms with E-state index in [0.717, 1.165) is 10.0 Å². The molecule has 1 aromatic heterocycles. The number of aryl methyl sites for hydroxylation is 1. The number of nitrogens with two attached hydrogens (primary N) is 1. The van der Waals surface area contributed by atoms with E-state index in [1.54, 1.807) is 0 Å². The lowest BCUT2D eigenvalue weighted by Gasteiger charge is -1.99. The molecule has 10 heavy (non-hydrogen) atoms. The summed E-state index contributed by atoms with van der Waals surface area (Å²) in [7, 11) is 0. The first-order valence-corrected chi connectivity index (χ1v) is 3.86. The van der Waals surface area contributed by atoms with Crippen LogP contribution in [0.4, 0.5) is 5.82 Å². The quantitative estimate of drug-likeness (QED) is 0.683. The van der Waals surface area contributed by atoms with E-state index in [9.17, 15) is 0 Å². The molecule has 0 aliphatic heterocycles. The molecule has 2 N–H and O–H groups in total. The van der Waals surface area contributed by atoms with Gasteiger partial charge in [-0.1, -0.05) is 11.6 Å². The summed E-state index contributed by atoms with van der Waals surface area (Å²) in [5, 5.41) is 0.406. The molecule has 0 aliphatic rings. The van der Waals surface area contributed by atoms with Gasteiger partial charge in [-0.2, -0.15) is 0 Å². The van der Waals surface area contributed by atoms with Crippen LogP contribution in [-0.4, -0.2) is 4.98 Å². The van der Waals surface area contributed by atoms with Gasteiger partial charge in [0.05, 0.1) is 4.47 Å². The molecule has 0 radical (unpaired) electrons. The maximum absolute atomic E-state index is 5.65. The van der Waals surface area contributed by atoms with Crippen LogP contribution in [0.25, 0.3) is 0 Å². The van der Waals surface area contributed by atoms with Crippen molar-refractivity contribution in [3.63, 3.8) is 0 Å². The number of halogens is 2. The van der Waals surface area contributed by atoms with Gasteiger partial charge in [-0.05, 0) is 34.5 Å². The van der Waals surface area contributed by atoms with E-state index < -0.39 is 0 Å². The number of nitrogen functional groups attached to an aromatic ring is 1. The van der Waals surface area contributed by atoms with Gasteiger partial charge in [0.25, 0.3) is 0 Å². The fraction of sp³-hybridized carbons (Fsp3) is 0.167. The molecule has 0 bridgehead atoms. The number of hydrogen-bond acceptors (Lipinski definition) is 2. The Morgan fingerprint density at radius 3 is 2.80 bits per heavy atom. The van der Waals surface area contributed by atoms with Crippen LogP contribution in [0.2, 0.25) is 5.15 Å². The molecule has 0 fully saturated rings. The van der Waals surface area contributed by atoms with Gasteiger partial charge in [0.2, 0.25) is 0 Å². The third-order valence-corrected chi connectivity index (χ3v) is 2.28. The molecule has 1 rings (SSSR count). The highest BCUT2D eigenvalue weighted by atomic mass is 79.9. The molecule has 0 unspecified atom stereocenters. The monoisotopic (exact) mass is 220 g/mol. The normalized spacial score (nSPS) is 9.90. The van der Waals surface area contributed by atoms with Gasteiger partial charge < -0.3 is 5.73 Å². The second-order valence-corrected chi connectivity index (χ2v) is 3.18. The van der Waals surface area contributed by atoms with Crippen molar-refractivity contribution in [1.29, 1.82) is 0 Å². The molecule has 1 heterocycles. The average Bonchev–Trinajstić information content (AvgIpc) is 1.84. The summed E-state index contributed by atoms with van der Waals surface area (Å²) in [6.45, 7) is 1.88. The third kappa shape index (κ3) is 1.41. The second kappa shape index (κ2) is 2.76. The van der Waals surface area contributed by atoms with Crippen LogP contribution >= 0.6 is 27.5 Å². The standard InChI is InChI=1S/C6H6BrClN2/c1-3-2-4(7)5(8)10-6(3)9/h2H,1H3,(H2,9,10). The van der Waals surface area contributed by atoms with E-state index in [0.29, 0.717) is 11.0 Å². The first-order valence-electron chi connectivity index (χ1n) is 2.69. The Balaban J connectivity index is 3.28. The van der Waals surface area contributed by atoms with Crippen LogP contribution in [0.3, 0.4) is 0 Å². The Morgan fingerprint density at radius 1 is 1.70 bits per heavy atom. The van der Waals surface area contributed by atoms with Crippen LogP contribution in [0.5, 0.6) is 0 Å². The molecule has 0 amide bonds. The van der Waals surface area contributed by atoms with Crippen LogP contribution < -0.4 is 5.73 Å². The van der Waals surface area contributed by atoms with E-state index in [2.05, 4.69) is 20.9 Å². The first kappa shape index (κ1) is 7.82. The molecule has 0 atom stereocenters. The van der Waals surface area contributed by atoms with Crippen molar-refractivity contribution < 1.29 is 0 Å². The fourth-order valence-corrected chi connectivity index (χ4v) is 1.15. The van der Waals surface area contributed by atoms with Gasteiger partial charge in [0, 0.05) is 0 Å². The fourth-order valence-electron chi connectivity index (χ4n) is 0.571. The summed E-state index contributed by atoms with van der Waals surface area (Å²) in [5.41, 5.74) is 6.40. The molecule has 0 saturated carbocycles. The third-order valence-electron chi connectivity index (χ3n) is 1.16. The van der Waals surface area contributed by atoms with Gasteiger partial charge in [-0.25, -0.2) is 4.98 Å². The predicted octanol–water partition coefficient (Wildman–Crippen LogP) is 2.39. The van der Waals surface area contributed by atoms with E-state index in [4.69, 9.17) is 17.3 Å². The van der Waals surface area contributed by atoms with Gasteiger partial charge in [-0.3, -0.25) is 0 Å². The minimum Gasteiger partial charge on any atom is -0.383 e. The van der Waals surface area contributed by atoms with Crippen LogP contribution in [0, 0.1) is 6.92 Å². The van der Waals surface area contributed by atoms with E-state index in [1.807, 2.05) is 13.0 Å². The lowest BCUT2D eigenvalue weighted by molar-refractivity contribution is 1.26. The molecule has 1 aromatic rings. The summed E-state index contributed by atoms with van der Waals surface area (Å²) in [4.78, 5) is 3.87. The largest absolute Gasteiger partial charge is 0.383 e. The number of aromatic nitrogens is 1. The van der Waals surface area contributed by atoms with Crippen LogP contribution in [-0.2, 0) is 0 Å². The van der Waals surface area contributed by atoms with Gasteiger partial charge in [-0.15, -0.1) is 0 Å². The zero-order chi connectivity index (χ0) is 7.72. The summed E-state index contributed by atoms with van der Waals surface area (Å²) in [6.07, 6.45) is 0. The lowest BCUT2D eigenvalue weighted by Crippen LogP contribution is -1.93. The second-order valence-electron chi connectivity index (χ2n) is 1.96. The SMILES string of the molecule is Cc1cc(Br)c(Cl)nc1N. The maximum Gasteiger partial charge on any atom is 0.145 e. The van der Waals surface area contributed by atoms with Gasteiger partial charge >= 0.3 is 0 Å². The number of pyridine rings is 1. The highest BCUT2D eigenvalue weighted by molar-refractivity contribution is 9.10. The maximum atomic E-state index is 5.65. The van der Waals surface area contributed by atoms with E-state index >= 15 is 0 Å². The van der Waals surface area contributed by atoms with Crippen molar-refractivity contribution in [2.24, 2.45) is 0 Å². The number of anilines is 1. The molecular weight excluding hydrogens is 215 g/mol. The molecule has 0 saturated heterocycles. The zero-order valence-electron chi connectivity index (χ0n) is 5.36. The van der Waals surface area contributed by atoms with Crippen molar-refractivity contribution in [3.05, 3.63) is 21.3 Å². The smallest absolute Gasteiger partial charge is 0.145 e. The number of rotatable bonds is 0. The first-order chi connectivity index (χ1) is 4.61. The summed E-state index contributed by atoms with van der Waals surface area (Å²) >= 11 is 8.88. The molecular formula is C6H6BrClN2. The van der Waals surface area contributed by atoms with E-state index in [-0.39, 0.29) is 0 Å². The summed E-state index contributed by atoms with van der Waals surface area (Å²) in [6, 6.07) is 1.84. The Bertz CT molecular complexity index is 212. The Labute approximate surface area is 72.5 Å². The summed E-state index contributed by atoms with van der Waals surface area (Å²) < 4.78 is 0.779. The average molecular weight is 221 g/mol. The minimum absolute atomic E-state index is 0.406. The topological polar surface area (TPSA) is 38.9 Å². The van der Waals surface area contributed by atoms with Crippen molar-refractivity contribution >= 4 is 33.3 Å². The highest BCUT2D eigenvalue weighted by Crippen LogP contribution is 2.23. The van der Waals surface area contributed by atoms with Gasteiger partial charge in [0.15, 0.2) is 0 Å². The molecule has 2 nitrogen and oxygen atoms in total. The number of nitrogens with zero attached hydrogens (tertiary/aromatic N) is 1. The number of hydrogen-bond donors (Lipinski definition) is 1. The van der Waals surface area contributed by atoms with Crippen molar-refractivity contribution in [2.45, 2.75) is 6.92 Å². The Kier molecular flexibility index (Phi) is 2.16. The van der Waals surface area contributed by atoms with Crippen molar-refractivity contribution in [2.75, 3.05) is 5.73 Å². The van der Waals surface area contributed by atoms with Crippen LogP contribution in [0.15, 0.2) is 10.5 Å². The molecule has 4 heteroatoms. The molecule has 0 aliphatic carbocycles. The highest BCUT2D eigenvalue weighted by Gasteiger charge is 2.00. The molecule has 0 spiro atoms. The molecule has 0 aromatic carbocycles. The zero-order valence-corrected chi connectivity index (χ0v) is 7.70. The van der Waals surface area contributed by atoms with Crippen molar-refractivity contribution in [1.82, 2.24) is 4.98 Å². The van der Waals surface area contributed by atoms with Gasteiger partial charge in [0.1, 0.15) is 11.0 Å². The van der Waals surface area contributed by atoms with Crippen LogP contribution in [0.1, 0.15) is 5.56 Å². The minimum atomic E-state index is 0.406. The summed E-state index contributed by atoms with van der Waals surface area (Å²) in [5.74, 6) is 0.480. The predicted molar refractivity (Wildman–Crippen MR) is 46.1 cm³/mol.